The second-order valence-corrected chi connectivity index (χ2v) is 15.1. The Bertz CT molecular complexity index is 1060. The smallest absolute Gasteiger partial charge is 0.102 e. The van der Waals surface area contributed by atoms with E-state index in [1.165, 1.54) is 62.0 Å². The van der Waals surface area contributed by atoms with Gasteiger partial charge >= 0.3 is 17.1 Å². The molecule has 0 aromatic rings. The van der Waals surface area contributed by atoms with Gasteiger partial charge in [-0.1, -0.05) is 27.7 Å². The molecule has 4 heteroatoms. The molecule has 0 saturated carbocycles. The van der Waals surface area contributed by atoms with Crippen molar-refractivity contribution in [3.8, 4) is 71.0 Å². The predicted octanol–water partition coefficient (Wildman–Crippen LogP) is 7.59. The van der Waals surface area contributed by atoms with Gasteiger partial charge in [-0.25, -0.2) is 0 Å². The Morgan fingerprint density at radius 2 is 0.737 bits per heavy atom. The fraction of sp³-hybridized carbons (Fsp3) is 0.588. The summed E-state index contributed by atoms with van der Waals surface area (Å²) >= 11 is 0. The van der Waals surface area contributed by atoms with Gasteiger partial charge in [-0.3, -0.25) is 0 Å². The third kappa shape index (κ3) is 10.1. The first-order valence-corrected chi connectivity index (χ1v) is 16.9. The maximum atomic E-state index is 3.20. The van der Waals surface area contributed by atoms with Crippen LogP contribution in [0.4, 0.5) is 0 Å². The van der Waals surface area contributed by atoms with Gasteiger partial charge in [0.1, 0.15) is 37.7 Å². The van der Waals surface area contributed by atoms with Gasteiger partial charge in [0, 0.05) is 68.8 Å². The summed E-state index contributed by atoms with van der Waals surface area (Å²) in [5, 5.41) is 2.60. The number of hydrogen-bond acceptors (Lipinski definition) is 0. The van der Waals surface area contributed by atoms with E-state index in [0.717, 1.165) is 48.3 Å². The van der Waals surface area contributed by atoms with E-state index in [9.17, 15) is 0 Å². The zero-order valence-electron chi connectivity index (χ0n) is 23.4. The monoisotopic (exact) mass is 669 g/mol. The van der Waals surface area contributed by atoms with E-state index in [2.05, 4.69) is 98.7 Å². The van der Waals surface area contributed by atoms with Crippen LogP contribution in [0.2, 0.25) is 0 Å². The predicted molar refractivity (Wildman–Crippen MR) is 164 cm³/mol. The molecule has 38 heavy (non-hydrogen) atoms. The molecule has 0 bridgehead atoms. The molecule has 4 atom stereocenters. The van der Waals surface area contributed by atoms with E-state index in [-0.39, 0.29) is 51.6 Å². The average Bonchev–Trinajstić information content (AvgIpc) is 3.69. The minimum Gasteiger partial charge on any atom is -0.102 e. The van der Waals surface area contributed by atoms with Crippen molar-refractivity contribution in [1.29, 1.82) is 0 Å². The van der Waals surface area contributed by atoms with Crippen LogP contribution in [0, 0.1) is 71.0 Å². The number of hydrogen-bond donors (Lipinski definition) is 0. The van der Waals surface area contributed by atoms with Crippen LogP contribution in [0.3, 0.4) is 0 Å². The summed E-state index contributed by atoms with van der Waals surface area (Å²) in [5.41, 5.74) is 3.64. The third-order valence-electron chi connectivity index (χ3n) is 7.49. The maximum absolute atomic E-state index is 3.20. The van der Waals surface area contributed by atoms with Crippen LogP contribution < -0.4 is 0 Å². The molecule has 0 N–H and O–H groups in total. The Hall–Kier alpha value is -1.16. The summed E-state index contributed by atoms with van der Waals surface area (Å²) in [4.78, 5) is 0. The van der Waals surface area contributed by atoms with Gasteiger partial charge in [-0.05, 0) is 75.0 Å². The van der Waals surface area contributed by atoms with Crippen LogP contribution in [0.5, 0.6) is 0 Å². The van der Waals surface area contributed by atoms with Gasteiger partial charge in [-0.15, -0.1) is 23.7 Å². The standard InChI is InChI=1S/2C13H16P.C8H8.Fe.Rh/c2*1-3-11-9-10-12(4-2)14(11)13-7-5-6-8-13;1-2-4-6-8-7-5-3-1;;/h2*11-12H,3-4,9-10H2,1-2H3;1-2,7-8H2;;/q2*+1;;+2;/t2*11-,12-;;;/m00.../s1. The van der Waals surface area contributed by atoms with Crippen molar-refractivity contribution in [2.45, 2.75) is 127 Å². The molecule has 0 aromatic heterocycles. The first-order valence-electron chi connectivity index (χ1n) is 14.0. The molecule has 1 radical (unpaired) electrons. The van der Waals surface area contributed by atoms with E-state index in [4.69, 9.17) is 0 Å². The molecule has 3 aliphatic carbocycles. The molecular formula is C34H40FeP2Rh+4. The zero-order chi connectivity index (χ0) is 25.6. The molecule has 2 fully saturated rings. The molecule has 5 aliphatic rings. The van der Waals surface area contributed by atoms with Gasteiger partial charge in [0.2, 0.25) is 10.6 Å². The zero-order valence-corrected chi connectivity index (χ0v) is 27.9. The Morgan fingerprint density at radius 1 is 0.500 bits per heavy atom. The SMILES string of the molecule is C1#CCCC#CCC1.CC[C@H]1CC[C@H](CC)[P+]1=C1C#CC#C1.CC[C@H]1CC[C@H](CC)[P+]1=C1C#CC#C1.[Fe+2].[Rh]. The van der Waals surface area contributed by atoms with E-state index in [1.807, 2.05) is 0 Å². The molecule has 0 spiro atoms. The topological polar surface area (TPSA) is 0 Å². The van der Waals surface area contributed by atoms with Crippen molar-refractivity contribution in [2.75, 3.05) is 0 Å². The Morgan fingerprint density at radius 3 is 0.947 bits per heavy atom. The fourth-order valence-corrected chi connectivity index (χ4v) is 12.2. The van der Waals surface area contributed by atoms with Crippen LogP contribution in [0.25, 0.3) is 0 Å². The van der Waals surface area contributed by atoms with E-state index >= 15 is 0 Å². The van der Waals surface area contributed by atoms with Crippen LogP contribution in [-0.2, 0) is 36.5 Å². The normalized spacial score (nSPS) is 24.3. The van der Waals surface area contributed by atoms with E-state index < -0.39 is 0 Å². The summed E-state index contributed by atoms with van der Waals surface area (Å²) in [6, 6.07) is 0. The van der Waals surface area contributed by atoms with Crippen molar-refractivity contribution in [3.05, 3.63) is 0 Å². The van der Waals surface area contributed by atoms with E-state index in [1.54, 1.807) is 0 Å². The second-order valence-electron chi connectivity index (χ2n) is 9.62. The van der Waals surface area contributed by atoms with Crippen molar-refractivity contribution in [1.82, 2.24) is 0 Å². The first-order chi connectivity index (χ1) is 17.7. The third-order valence-corrected chi connectivity index (χ3v) is 14.6. The van der Waals surface area contributed by atoms with Crippen molar-refractivity contribution in [3.63, 3.8) is 0 Å². The molecule has 2 aliphatic heterocycles. The van der Waals surface area contributed by atoms with Crippen molar-refractivity contribution in [2.24, 2.45) is 0 Å². The minimum atomic E-state index is -0.00386. The van der Waals surface area contributed by atoms with Crippen molar-refractivity contribution < 1.29 is 36.5 Å². The van der Waals surface area contributed by atoms with Gasteiger partial charge in [-0.2, -0.15) is 0 Å². The largest absolute Gasteiger partial charge is 2.00 e. The summed E-state index contributed by atoms with van der Waals surface area (Å²) < 4.78 is 0. The summed E-state index contributed by atoms with van der Waals surface area (Å²) in [5.74, 6) is 36.6. The Kier molecular flexibility index (Phi) is 18.2. The quantitative estimate of drug-likeness (QED) is 0.165. The fourth-order valence-electron chi connectivity index (χ4n) is 5.54. The van der Waals surface area contributed by atoms with Gasteiger partial charge in [0.05, 0.1) is 0 Å². The van der Waals surface area contributed by atoms with Gasteiger partial charge in [0.15, 0.2) is 0 Å². The molecule has 2 saturated heterocycles. The molecule has 2 heterocycles. The number of rotatable bonds is 4. The second kappa shape index (κ2) is 19.8. The maximum Gasteiger partial charge on any atom is 2.00 e. The first kappa shape index (κ1) is 34.9. The molecule has 0 nitrogen and oxygen atoms in total. The molecule has 0 amide bonds. The molecule has 199 valence electrons. The molecule has 5 rings (SSSR count). The van der Waals surface area contributed by atoms with E-state index in [0.29, 0.717) is 0 Å². The van der Waals surface area contributed by atoms with Crippen LogP contribution in [0.15, 0.2) is 0 Å². The van der Waals surface area contributed by atoms with Gasteiger partial charge in [0.25, 0.3) is 0 Å². The molecule has 0 unspecified atom stereocenters. The van der Waals surface area contributed by atoms with Crippen LogP contribution in [0.1, 0.15) is 105 Å². The van der Waals surface area contributed by atoms with Gasteiger partial charge < -0.3 is 0 Å². The van der Waals surface area contributed by atoms with Crippen LogP contribution in [-0.4, -0.2) is 33.2 Å². The van der Waals surface area contributed by atoms with Crippen LogP contribution >= 0.6 is 15.1 Å². The summed E-state index contributed by atoms with van der Waals surface area (Å²) in [7, 11) is -0.00772. The molecular weight excluding hydrogens is 629 g/mol. The Labute approximate surface area is 259 Å². The summed E-state index contributed by atoms with van der Waals surface area (Å²) in [6.07, 6.45) is 14.8. The Balaban J connectivity index is 0.000000288. The summed E-state index contributed by atoms with van der Waals surface area (Å²) in [6.45, 7) is 9.26. The molecule has 0 aromatic carbocycles. The minimum absolute atomic E-state index is 0. The average molecular weight is 669 g/mol. The van der Waals surface area contributed by atoms with Crippen molar-refractivity contribution >= 4 is 25.7 Å².